The Labute approximate surface area is 127 Å². The lowest BCUT2D eigenvalue weighted by molar-refractivity contribution is 0.209. The average molecular weight is 288 g/mol. The molecule has 1 aromatic rings. The van der Waals surface area contributed by atoms with Gasteiger partial charge in [-0.25, -0.2) is 0 Å². The maximum atomic E-state index is 9.31. The van der Waals surface area contributed by atoms with Gasteiger partial charge in [-0.3, -0.25) is 4.90 Å². The molecule has 1 aromatic carbocycles. The summed E-state index contributed by atoms with van der Waals surface area (Å²) in [5, 5.41) is 9.31. The minimum absolute atomic E-state index is 0.141. The topological polar surface area (TPSA) is 27.0 Å². The monoisotopic (exact) mass is 288 g/mol. The summed E-state index contributed by atoms with van der Waals surface area (Å²) in [5.74, 6) is 0.594. The predicted molar refractivity (Wildman–Crippen MR) is 86.9 cm³/mol. The van der Waals surface area contributed by atoms with Crippen molar-refractivity contribution in [3.63, 3.8) is 0 Å². The van der Waals surface area contributed by atoms with E-state index in [1.165, 1.54) is 11.1 Å². The molecule has 0 unspecified atom stereocenters. The molecule has 0 aromatic heterocycles. The molecule has 0 N–H and O–H groups in total. The molecule has 0 radical (unpaired) electrons. The summed E-state index contributed by atoms with van der Waals surface area (Å²) < 4.78 is -0.141. The highest BCUT2D eigenvalue weighted by Crippen LogP contribution is 2.34. The van der Waals surface area contributed by atoms with Crippen LogP contribution in [0, 0.1) is 11.3 Å². The molecule has 2 nitrogen and oxygen atoms in total. The highest BCUT2D eigenvalue weighted by Gasteiger charge is 2.33. The Hall–Kier alpha value is -0.980. The van der Waals surface area contributed by atoms with E-state index in [9.17, 15) is 5.26 Å². The number of hydrogen-bond donors (Lipinski definition) is 0. The Bertz CT molecular complexity index is 465. The van der Waals surface area contributed by atoms with Crippen LogP contribution in [0.25, 0.3) is 0 Å². The van der Waals surface area contributed by atoms with Gasteiger partial charge in [0.05, 0.1) is 6.07 Å². The van der Waals surface area contributed by atoms with Crippen LogP contribution in [0.2, 0.25) is 0 Å². The molecule has 1 saturated heterocycles. The average Bonchev–Trinajstić information content (AvgIpc) is 2.49. The lowest BCUT2D eigenvalue weighted by Crippen LogP contribution is -2.41. The zero-order valence-corrected chi connectivity index (χ0v) is 13.5. The fraction of sp³-hybridized carbons (Fsp3) is 0.588. The van der Waals surface area contributed by atoms with Crippen molar-refractivity contribution < 1.29 is 0 Å². The molecule has 0 spiro atoms. The van der Waals surface area contributed by atoms with Gasteiger partial charge >= 0.3 is 0 Å². The van der Waals surface area contributed by atoms with Crippen molar-refractivity contribution in [1.29, 1.82) is 5.26 Å². The van der Waals surface area contributed by atoms with Crippen LogP contribution >= 0.6 is 11.8 Å². The molecule has 1 heterocycles. The molecule has 1 aliphatic heterocycles. The minimum atomic E-state index is -0.141. The van der Waals surface area contributed by atoms with Crippen molar-refractivity contribution in [2.45, 2.75) is 43.9 Å². The fourth-order valence-electron chi connectivity index (χ4n) is 2.70. The Balaban J connectivity index is 1.91. The fourth-order valence-corrected chi connectivity index (χ4v) is 3.38. The van der Waals surface area contributed by atoms with E-state index in [-0.39, 0.29) is 4.75 Å². The quantitative estimate of drug-likeness (QED) is 0.837. The number of nitriles is 1. The van der Waals surface area contributed by atoms with Crippen molar-refractivity contribution >= 4 is 11.8 Å². The first-order valence-corrected chi connectivity index (χ1v) is 8.58. The second kappa shape index (κ2) is 6.65. The van der Waals surface area contributed by atoms with Crippen LogP contribution in [0.15, 0.2) is 24.3 Å². The molecule has 0 aliphatic carbocycles. The molecule has 3 heteroatoms. The summed E-state index contributed by atoms with van der Waals surface area (Å²) in [6, 6.07) is 11.5. The molecule has 108 valence electrons. The molecule has 0 bridgehead atoms. The summed E-state index contributed by atoms with van der Waals surface area (Å²) in [5.41, 5.74) is 2.78. The van der Waals surface area contributed by atoms with Crippen molar-refractivity contribution in [1.82, 2.24) is 4.90 Å². The van der Waals surface area contributed by atoms with Crippen LogP contribution in [0.4, 0.5) is 0 Å². The molecule has 1 fully saturated rings. The van der Waals surface area contributed by atoms with Gasteiger partial charge in [0.15, 0.2) is 0 Å². The van der Waals surface area contributed by atoms with Crippen molar-refractivity contribution in [3.05, 3.63) is 35.4 Å². The van der Waals surface area contributed by atoms with Crippen LogP contribution in [0.5, 0.6) is 0 Å². The summed E-state index contributed by atoms with van der Waals surface area (Å²) in [6.45, 7) is 7.52. The van der Waals surface area contributed by atoms with Gasteiger partial charge in [-0.15, -0.1) is 11.8 Å². The third-order valence-electron chi connectivity index (χ3n) is 4.31. The highest BCUT2D eigenvalue weighted by atomic mass is 32.2. The van der Waals surface area contributed by atoms with Crippen molar-refractivity contribution in [2.75, 3.05) is 19.3 Å². The van der Waals surface area contributed by atoms with Gasteiger partial charge in [0.2, 0.25) is 0 Å². The maximum absolute atomic E-state index is 9.31. The Morgan fingerprint density at radius 1 is 1.25 bits per heavy atom. The number of benzene rings is 1. The van der Waals surface area contributed by atoms with Crippen molar-refractivity contribution in [3.8, 4) is 6.07 Å². The summed E-state index contributed by atoms with van der Waals surface area (Å²) in [4.78, 5) is 2.47. The number of piperidine rings is 1. The van der Waals surface area contributed by atoms with E-state index in [2.05, 4.69) is 55.3 Å². The van der Waals surface area contributed by atoms with E-state index < -0.39 is 0 Å². The predicted octanol–water partition coefficient (Wildman–Crippen LogP) is 4.03. The third-order valence-corrected chi connectivity index (χ3v) is 5.59. The van der Waals surface area contributed by atoms with Gasteiger partial charge in [-0.2, -0.15) is 5.26 Å². The molecular weight excluding hydrogens is 264 g/mol. The largest absolute Gasteiger partial charge is 0.299 e. The second-order valence-electron chi connectivity index (χ2n) is 5.98. The van der Waals surface area contributed by atoms with E-state index >= 15 is 0 Å². The smallest absolute Gasteiger partial charge is 0.104 e. The first kappa shape index (κ1) is 15.4. The normalized spacial score (nSPS) is 18.9. The summed E-state index contributed by atoms with van der Waals surface area (Å²) >= 11 is 1.72. The first-order valence-electron chi connectivity index (χ1n) is 7.36. The molecule has 0 amide bonds. The Kier molecular flexibility index (Phi) is 5.12. The molecule has 2 rings (SSSR count). The van der Waals surface area contributed by atoms with E-state index in [4.69, 9.17) is 0 Å². The molecule has 20 heavy (non-hydrogen) atoms. The third kappa shape index (κ3) is 3.56. The van der Waals surface area contributed by atoms with Crippen LogP contribution in [0.3, 0.4) is 0 Å². The standard InChI is InChI=1S/C17H24N2S/c1-14(2)16-6-4-15(5-7-16)12-19-10-8-17(13-18,20-3)9-11-19/h4-7,14H,8-12H2,1-3H3. The van der Waals surface area contributed by atoms with Gasteiger partial charge in [-0.05, 0) is 36.1 Å². The lowest BCUT2D eigenvalue weighted by Gasteiger charge is -2.36. The van der Waals surface area contributed by atoms with Gasteiger partial charge < -0.3 is 0 Å². The van der Waals surface area contributed by atoms with Gasteiger partial charge in [-0.1, -0.05) is 38.1 Å². The molecule has 1 aliphatic rings. The number of rotatable bonds is 4. The van der Waals surface area contributed by atoms with Gasteiger partial charge in [0, 0.05) is 19.6 Å². The highest BCUT2D eigenvalue weighted by molar-refractivity contribution is 8.00. The van der Waals surface area contributed by atoms with Crippen molar-refractivity contribution in [2.24, 2.45) is 0 Å². The number of hydrogen-bond acceptors (Lipinski definition) is 3. The van der Waals surface area contributed by atoms with Crippen LogP contribution in [0.1, 0.15) is 43.7 Å². The zero-order valence-electron chi connectivity index (χ0n) is 12.7. The summed E-state index contributed by atoms with van der Waals surface area (Å²) in [6.07, 6.45) is 4.02. The lowest BCUT2D eigenvalue weighted by atomic mass is 9.96. The number of likely N-dealkylation sites (tertiary alicyclic amines) is 1. The Morgan fingerprint density at radius 2 is 1.85 bits per heavy atom. The SMILES string of the molecule is CSC1(C#N)CCN(Cc2ccc(C(C)C)cc2)CC1. The first-order chi connectivity index (χ1) is 9.58. The minimum Gasteiger partial charge on any atom is -0.299 e. The molecule has 0 saturated carbocycles. The number of thioether (sulfide) groups is 1. The van der Waals surface area contributed by atoms with Gasteiger partial charge in [0.25, 0.3) is 0 Å². The van der Waals surface area contributed by atoms with Crippen LogP contribution < -0.4 is 0 Å². The maximum Gasteiger partial charge on any atom is 0.104 e. The molecule has 0 atom stereocenters. The van der Waals surface area contributed by atoms with Crippen LogP contribution in [-0.2, 0) is 6.54 Å². The van der Waals surface area contributed by atoms with E-state index in [1.54, 1.807) is 11.8 Å². The van der Waals surface area contributed by atoms with Gasteiger partial charge in [0.1, 0.15) is 4.75 Å². The van der Waals surface area contributed by atoms with E-state index in [0.717, 1.165) is 32.5 Å². The Morgan fingerprint density at radius 3 is 2.30 bits per heavy atom. The summed E-state index contributed by atoms with van der Waals surface area (Å²) in [7, 11) is 0. The second-order valence-corrected chi connectivity index (χ2v) is 7.17. The van der Waals surface area contributed by atoms with E-state index in [0.29, 0.717) is 5.92 Å². The zero-order chi connectivity index (χ0) is 14.6. The molecular formula is C17H24N2S. The van der Waals surface area contributed by atoms with E-state index in [1.807, 2.05) is 0 Å². The van der Waals surface area contributed by atoms with Crippen LogP contribution in [-0.4, -0.2) is 29.0 Å². The number of nitrogens with zero attached hydrogens (tertiary/aromatic N) is 2.